The summed E-state index contributed by atoms with van der Waals surface area (Å²) < 4.78 is 1.35. The van der Waals surface area contributed by atoms with E-state index in [9.17, 15) is 0 Å². The van der Waals surface area contributed by atoms with Gasteiger partial charge >= 0.3 is 0 Å². The maximum atomic E-state index is 2.43. The Morgan fingerprint density at radius 3 is 2.55 bits per heavy atom. The van der Waals surface area contributed by atoms with Crippen LogP contribution in [0.2, 0.25) is 0 Å². The molecule has 0 nitrogen and oxygen atoms in total. The summed E-state index contributed by atoms with van der Waals surface area (Å²) >= 11 is 2.43. The maximum Gasteiger partial charge on any atom is 0.0133 e. The van der Waals surface area contributed by atoms with Gasteiger partial charge in [-0.25, -0.2) is 0 Å². The Balaban J connectivity index is 1.91. The zero-order valence-electron chi connectivity index (χ0n) is 12.0. The highest BCUT2D eigenvalue weighted by Crippen LogP contribution is 2.47. The molecule has 0 heterocycles. The van der Waals surface area contributed by atoms with Crippen LogP contribution in [0.5, 0.6) is 0 Å². The highest BCUT2D eigenvalue weighted by atomic mass is 127. The lowest BCUT2D eigenvalue weighted by Gasteiger charge is -2.13. The van der Waals surface area contributed by atoms with Gasteiger partial charge in [0, 0.05) is 9.49 Å². The molecule has 0 saturated heterocycles. The van der Waals surface area contributed by atoms with Crippen LogP contribution < -0.4 is 0 Å². The smallest absolute Gasteiger partial charge is 0.0133 e. The molecule has 0 aromatic heterocycles. The van der Waals surface area contributed by atoms with Gasteiger partial charge in [-0.2, -0.15) is 0 Å². The minimum atomic E-state index is 0.618. The summed E-state index contributed by atoms with van der Waals surface area (Å²) in [4.78, 5) is 0. The van der Waals surface area contributed by atoms with Gasteiger partial charge in [0.25, 0.3) is 0 Å². The van der Waals surface area contributed by atoms with Gasteiger partial charge in [-0.3, -0.25) is 0 Å². The fourth-order valence-electron chi connectivity index (χ4n) is 3.37. The first-order valence-electron chi connectivity index (χ1n) is 7.70. The molecule has 0 saturated carbocycles. The van der Waals surface area contributed by atoms with E-state index in [2.05, 4.69) is 72.0 Å². The van der Waals surface area contributed by atoms with Crippen molar-refractivity contribution in [3.63, 3.8) is 0 Å². The lowest BCUT2D eigenvalue weighted by molar-refractivity contribution is 0.601. The van der Waals surface area contributed by atoms with E-state index in [0.29, 0.717) is 5.92 Å². The van der Waals surface area contributed by atoms with E-state index in [-0.39, 0.29) is 0 Å². The number of hydrogen-bond donors (Lipinski definition) is 0. The molecule has 0 aliphatic heterocycles. The predicted octanol–water partition coefficient (Wildman–Crippen LogP) is 6.37. The minimum Gasteiger partial charge on any atom is -0.0654 e. The number of hydrogen-bond acceptors (Lipinski definition) is 0. The third-order valence-electron chi connectivity index (χ3n) is 4.36. The molecule has 1 unspecified atom stereocenters. The van der Waals surface area contributed by atoms with Crippen molar-refractivity contribution < 1.29 is 0 Å². The summed E-state index contributed by atoms with van der Waals surface area (Å²) in [5.74, 6) is 0.618. The Morgan fingerprint density at radius 1 is 0.900 bits per heavy atom. The first-order valence-corrected chi connectivity index (χ1v) is 8.78. The molecule has 0 N–H and O–H groups in total. The van der Waals surface area contributed by atoms with Crippen LogP contribution in [0.15, 0.2) is 42.5 Å². The summed E-state index contributed by atoms with van der Waals surface area (Å²) in [5, 5.41) is 0. The topological polar surface area (TPSA) is 0 Å². The SMILES string of the molecule is CCCCCCC1c2ccccc2-c2ccc(I)cc21. The minimum absolute atomic E-state index is 0.618. The standard InChI is InChI=1S/C19H21I/c1-2-3-4-5-8-17-15-9-6-7-10-16(15)18-12-11-14(20)13-19(17)18/h6-7,9-13,17H,2-5,8H2,1H3. The molecule has 2 aromatic carbocycles. The molecular weight excluding hydrogens is 355 g/mol. The Morgan fingerprint density at radius 2 is 1.70 bits per heavy atom. The van der Waals surface area contributed by atoms with Crippen LogP contribution in [0.3, 0.4) is 0 Å². The van der Waals surface area contributed by atoms with Crippen molar-refractivity contribution in [1.82, 2.24) is 0 Å². The predicted molar refractivity (Wildman–Crippen MR) is 95.2 cm³/mol. The Labute approximate surface area is 135 Å². The summed E-state index contributed by atoms with van der Waals surface area (Å²) in [6, 6.07) is 15.9. The second-order valence-electron chi connectivity index (χ2n) is 5.72. The molecule has 0 bridgehead atoms. The number of benzene rings is 2. The zero-order chi connectivity index (χ0) is 13.9. The van der Waals surface area contributed by atoms with E-state index in [4.69, 9.17) is 0 Å². The third kappa shape index (κ3) is 2.65. The highest BCUT2D eigenvalue weighted by Gasteiger charge is 2.27. The molecule has 1 heteroatoms. The van der Waals surface area contributed by atoms with E-state index in [1.165, 1.54) is 46.8 Å². The van der Waals surface area contributed by atoms with E-state index in [1.807, 2.05) is 0 Å². The summed E-state index contributed by atoms with van der Waals surface area (Å²) in [6.07, 6.45) is 6.69. The first kappa shape index (κ1) is 14.1. The molecule has 104 valence electrons. The fourth-order valence-corrected chi connectivity index (χ4v) is 3.88. The van der Waals surface area contributed by atoms with Gasteiger partial charge in [-0.1, -0.05) is 62.9 Å². The Kier molecular flexibility index (Phi) is 4.45. The van der Waals surface area contributed by atoms with Crippen LogP contribution in [-0.2, 0) is 0 Å². The van der Waals surface area contributed by atoms with Gasteiger partial charge in [0.15, 0.2) is 0 Å². The molecule has 2 aromatic rings. The van der Waals surface area contributed by atoms with E-state index in [1.54, 1.807) is 11.1 Å². The van der Waals surface area contributed by atoms with Crippen LogP contribution >= 0.6 is 22.6 Å². The van der Waals surface area contributed by atoms with Gasteiger partial charge in [0.2, 0.25) is 0 Å². The second-order valence-corrected chi connectivity index (χ2v) is 6.97. The highest BCUT2D eigenvalue weighted by molar-refractivity contribution is 14.1. The van der Waals surface area contributed by atoms with Crippen molar-refractivity contribution in [2.45, 2.75) is 44.9 Å². The van der Waals surface area contributed by atoms with Crippen molar-refractivity contribution in [3.8, 4) is 11.1 Å². The van der Waals surface area contributed by atoms with Crippen LogP contribution in [0.1, 0.15) is 56.1 Å². The maximum absolute atomic E-state index is 2.43. The van der Waals surface area contributed by atoms with Crippen molar-refractivity contribution in [2.75, 3.05) is 0 Å². The number of rotatable bonds is 5. The van der Waals surface area contributed by atoms with Crippen molar-refractivity contribution in [1.29, 1.82) is 0 Å². The molecule has 1 aliphatic carbocycles. The average molecular weight is 376 g/mol. The normalized spacial score (nSPS) is 16.0. The number of fused-ring (bicyclic) bond motifs is 3. The van der Waals surface area contributed by atoms with Crippen LogP contribution in [-0.4, -0.2) is 0 Å². The van der Waals surface area contributed by atoms with E-state index < -0.39 is 0 Å². The third-order valence-corrected chi connectivity index (χ3v) is 5.03. The summed E-state index contributed by atoms with van der Waals surface area (Å²) in [5.41, 5.74) is 6.01. The van der Waals surface area contributed by atoms with Gasteiger partial charge in [0.1, 0.15) is 0 Å². The summed E-state index contributed by atoms with van der Waals surface area (Å²) in [6.45, 7) is 2.28. The quantitative estimate of drug-likeness (QED) is 0.420. The largest absolute Gasteiger partial charge is 0.0654 e. The van der Waals surface area contributed by atoms with Crippen molar-refractivity contribution in [3.05, 3.63) is 57.2 Å². The van der Waals surface area contributed by atoms with Crippen LogP contribution in [0.4, 0.5) is 0 Å². The second kappa shape index (κ2) is 6.30. The van der Waals surface area contributed by atoms with Gasteiger partial charge < -0.3 is 0 Å². The Bertz CT molecular complexity index is 600. The molecule has 1 aliphatic rings. The van der Waals surface area contributed by atoms with Crippen molar-refractivity contribution in [2.24, 2.45) is 0 Å². The molecule has 3 rings (SSSR count). The lowest BCUT2D eigenvalue weighted by atomic mass is 9.91. The lowest BCUT2D eigenvalue weighted by Crippen LogP contribution is -1.97. The van der Waals surface area contributed by atoms with Gasteiger partial charge in [-0.15, -0.1) is 0 Å². The van der Waals surface area contributed by atoms with E-state index >= 15 is 0 Å². The van der Waals surface area contributed by atoms with Crippen LogP contribution in [0.25, 0.3) is 11.1 Å². The number of unbranched alkanes of at least 4 members (excludes halogenated alkanes) is 3. The number of halogens is 1. The molecule has 0 amide bonds. The zero-order valence-corrected chi connectivity index (χ0v) is 14.2. The van der Waals surface area contributed by atoms with Crippen LogP contribution in [0, 0.1) is 3.57 Å². The Hall–Kier alpha value is -0.830. The monoisotopic (exact) mass is 376 g/mol. The first-order chi connectivity index (χ1) is 9.81. The molecule has 0 radical (unpaired) electrons. The molecule has 0 fully saturated rings. The molecule has 1 atom stereocenters. The molecular formula is C19H21I. The fraction of sp³-hybridized carbons (Fsp3) is 0.368. The average Bonchev–Trinajstić information content (AvgIpc) is 2.77. The molecule has 0 spiro atoms. The van der Waals surface area contributed by atoms with Crippen molar-refractivity contribution >= 4 is 22.6 Å². The van der Waals surface area contributed by atoms with Gasteiger partial charge in [0.05, 0.1) is 0 Å². The summed E-state index contributed by atoms with van der Waals surface area (Å²) in [7, 11) is 0. The molecule has 20 heavy (non-hydrogen) atoms. The van der Waals surface area contributed by atoms with Gasteiger partial charge in [-0.05, 0) is 63.4 Å². The van der Waals surface area contributed by atoms with E-state index in [0.717, 1.165) is 0 Å².